The van der Waals surface area contributed by atoms with Crippen LogP contribution in [-0.4, -0.2) is 21.3 Å². The monoisotopic (exact) mass is 220 g/mol. The Morgan fingerprint density at radius 1 is 0.875 bits per heavy atom. The zero-order valence-corrected chi connectivity index (χ0v) is 8.93. The number of rotatable bonds is 1. The third kappa shape index (κ3) is 1.31. The molecule has 0 saturated carbocycles. The second-order valence-corrected chi connectivity index (χ2v) is 4.19. The van der Waals surface area contributed by atoms with E-state index in [4.69, 9.17) is 11.5 Å². The van der Waals surface area contributed by atoms with Crippen molar-refractivity contribution in [2.75, 3.05) is 0 Å². The molecule has 16 heavy (non-hydrogen) atoms. The molecule has 2 unspecified atom stereocenters. The summed E-state index contributed by atoms with van der Waals surface area (Å²) in [5.41, 5.74) is 9.69. The van der Waals surface area contributed by atoms with Crippen LogP contribution in [-0.2, 0) is 0 Å². The topological polar surface area (TPSA) is 92.5 Å². The van der Waals surface area contributed by atoms with Gasteiger partial charge < -0.3 is 21.7 Å². The molecule has 4 nitrogen and oxygen atoms in total. The Bertz CT molecular complexity index is 383. The van der Waals surface area contributed by atoms with Crippen molar-refractivity contribution >= 4 is 0 Å². The highest BCUT2D eigenvalue weighted by Crippen LogP contribution is 2.36. The van der Waals surface area contributed by atoms with Crippen molar-refractivity contribution < 1.29 is 10.2 Å². The summed E-state index contributed by atoms with van der Waals surface area (Å²) >= 11 is 0. The van der Waals surface area contributed by atoms with Crippen LogP contribution in [0.4, 0.5) is 0 Å². The number of allylic oxidation sites excluding steroid dienone is 4. The average Bonchev–Trinajstić information content (AvgIpc) is 2.27. The summed E-state index contributed by atoms with van der Waals surface area (Å²) in [6, 6.07) is 0. The predicted molar refractivity (Wildman–Crippen MR) is 62.8 cm³/mol. The Kier molecular flexibility index (Phi) is 2.40. The molecule has 0 aliphatic heterocycles. The van der Waals surface area contributed by atoms with Gasteiger partial charge in [0.1, 0.15) is 22.6 Å². The second kappa shape index (κ2) is 3.50. The summed E-state index contributed by atoms with van der Waals surface area (Å²) in [7, 11) is 0. The lowest BCUT2D eigenvalue weighted by molar-refractivity contribution is 0.221. The largest absolute Gasteiger partial charge is 0.510 e. The van der Waals surface area contributed by atoms with Crippen LogP contribution in [0.5, 0.6) is 0 Å². The van der Waals surface area contributed by atoms with Gasteiger partial charge in [-0.15, -0.1) is 0 Å². The lowest BCUT2D eigenvalue weighted by Gasteiger charge is -2.43. The fourth-order valence-corrected chi connectivity index (χ4v) is 2.08. The fourth-order valence-electron chi connectivity index (χ4n) is 2.08. The van der Waals surface area contributed by atoms with Gasteiger partial charge in [0.15, 0.2) is 0 Å². The third-order valence-electron chi connectivity index (χ3n) is 3.19. The van der Waals surface area contributed by atoms with Crippen molar-refractivity contribution in [2.24, 2.45) is 11.5 Å². The van der Waals surface area contributed by atoms with Gasteiger partial charge in [0, 0.05) is 0 Å². The minimum absolute atomic E-state index is 0.0102. The van der Waals surface area contributed by atoms with Crippen molar-refractivity contribution in [3.8, 4) is 0 Å². The van der Waals surface area contributed by atoms with E-state index in [2.05, 4.69) is 0 Å². The third-order valence-corrected chi connectivity index (χ3v) is 3.19. The summed E-state index contributed by atoms with van der Waals surface area (Å²) in [5.74, 6) is -0.0204. The molecule has 0 spiro atoms. The summed E-state index contributed by atoms with van der Waals surface area (Å²) in [6.07, 6.45) is 11.4. The Morgan fingerprint density at radius 2 is 1.25 bits per heavy atom. The van der Waals surface area contributed by atoms with E-state index in [0.29, 0.717) is 12.8 Å². The van der Waals surface area contributed by atoms with Gasteiger partial charge in [0.05, 0.1) is 0 Å². The molecule has 2 rings (SSSR count). The van der Waals surface area contributed by atoms with Crippen LogP contribution in [0.25, 0.3) is 0 Å². The zero-order chi connectivity index (χ0) is 11.8. The predicted octanol–water partition coefficient (Wildman–Crippen LogP) is 1.19. The number of aliphatic hydroxyl groups excluding tert-OH is 2. The highest BCUT2D eigenvalue weighted by Gasteiger charge is 2.50. The van der Waals surface area contributed by atoms with Crippen LogP contribution in [0.15, 0.2) is 48.0 Å². The number of aliphatic hydroxyl groups is 2. The first-order valence-corrected chi connectivity index (χ1v) is 5.23. The molecule has 0 saturated heterocycles. The molecule has 0 aromatic heterocycles. The molecule has 0 aromatic rings. The Labute approximate surface area is 94.3 Å². The Balaban J connectivity index is 2.50. The Morgan fingerprint density at radius 3 is 1.56 bits per heavy atom. The standard InChI is InChI=1S/C12H16N2O2/c13-11(7-3-1-5-9(11)15)12(14)8-4-2-6-10(12)16/h3-8,15-16H,1-2,13-14H2. The minimum Gasteiger partial charge on any atom is -0.510 e. The summed E-state index contributed by atoms with van der Waals surface area (Å²) in [5, 5.41) is 19.8. The molecule has 0 fully saturated rings. The molecule has 6 N–H and O–H groups in total. The number of hydrogen-bond acceptors (Lipinski definition) is 4. The van der Waals surface area contributed by atoms with Crippen LogP contribution >= 0.6 is 0 Å². The van der Waals surface area contributed by atoms with Crippen molar-refractivity contribution in [1.29, 1.82) is 0 Å². The van der Waals surface area contributed by atoms with Crippen LogP contribution in [0, 0.1) is 0 Å². The van der Waals surface area contributed by atoms with Crippen molar-refractivity contribution in [3.63, 3.8) is 0 Å². The van der Waals surface area contributed by atoms with E-state index in [1.54, 1.807) is 24.3 Å². The summed E-state index contributed by atoms with van der Waals surface area (Å²) in [4.78, 5) is 0. The van der Waals surface area contributed by atoms with Crippen LogP contribution in [0.2, 0.25) is 0 Å². The minimum atomic E-state index is -1.28. The van der Waals surface area contributed by atoms with Crippen LogP contribution < -0.4 is 11.5 Å². The molecule has 2 atom stereocenters. The van der Waals surface area contributed by atoms with Gasteiger partial charge in [-0.25, -0.2) is 0 Å². The quantitative estimate of drug-likeness (QED) is 0.499. The Hall–Kier alpha value is -1.52. The summed E-state index contributed by atoms with van der Waals surface area (Å²) in [6.45, 7) is 0. The lowest BCUT2D eigenvalue weighted by atomic mass is 9.71. The van der Waals surface area contributed by atoms with E-state index in [0.717, 1.165) is 0 Å². The van der Waals surface area contributed by atoms with Gasteiger partial charge in [-0.3, -0.25) is 0 Å². The van der Waals surface area contributed by atoms with Crippen molar-refractivity contribution in [1.82, 2.24) is 0 Å². The number of hydrogen-bond donors (Lipinski definition) is 4. The van der Waals surface area contributed by atoms with Crippen molar-refractivity contribution in [2.45, 2.75) is 23.9 Å². The first kappa shape index (κ1) is 11.0. The smallest absolute Gasteiger partial charge is 0.121 e. The molecule has 86 valence electrons. The van der Waals surface area contributed by atoms with Crippen LogP contribution in [0.3, 0.4) is 0 Å². The van der Waals surface area contributed by atoms with Crippen molar-refractivity contribution in [3.05, 3.63) is 48.0 Å². The first-order chi connectivity index (χ1) is 7.51. The second-order valence-electron chi connectivity index (χ2n) is 4.19. The zero-order valence-electron chi connectivity index (χ0n) is 8.93. The average molecular weight is 220 g/mol. The van der Waals surface area contributed by atoms with Gasteiger partial charge in [-0.2, -0.15) is 0 Å². The van der Waals surface area contributed by atoms with Crippen LogP contribution in [0.1, 0.15) is 12.8 Å². The molecule has 4 heteroatoms. The molecule has 0 amide bonds. The SMILES string of the molecule is NC1(C2(N)C=CCC=C2O)C=CCC=C1O. The van der Waals surface area contributed by atoms with E-state index in [9.17, 15) is 10.2 Å². The van der Waals surface area contributed by atoms with Gasteiger partial charge in [0.2, 0.25) is 0 Å². The highest BCUT2D eigenvalue weighted by molar-refractivity contribution is 5.46. The van der Waals surface area contributed by atoms with E-state index in [1.807, 2.05) is 12.2 Å². The van der Waals surface area contributed by atoms with E-state index in [-0.39, 0.29) is 11.5 Å². The van der Waals surface area contributed by atoms with Gasteiger partial charge >= 0.3 is 0 Å². The fraction of sp³-hybridized carbons (Fsp3) is 0.333. The van der Waals surface area contributed by atoms with E-state index < -0.39 is 11.1 Å². The maximum absolute atomic E-state index is 9.90. The summed E-state index contributed by atoms with van der Waals surface area (Å²) < 4.78 is 0. The highest BCUT2D eigenvalue weighted by atomic mass is 16.3. The molecule has 0 radical (unpaired) electrons. The maximum atomic E-state index is 9.90. The van der Waals surface area contributed by atoms with Gasteiger partial charge in [-0.05, 0) is 25.0 Å². The normalized spacial score (nSPS) is 38.1. The molecule has 0 heterocycles. The van der Waals surface area contributed by atoms with E-state index >= 15 is 0 Å². The lowest BCUT2D eigenvalue weighted by Crippen LogP contribution is -2.66. The van der Waals surface area contributed by atoms with E-state index in [1.165, 1.54) is 0 Å². The molecule has 2 aliphatic carbocycles. The maximum Gasteiger partial charge on any atom is 0.121 e. The molecule has 0 aromatic carbocycles. The van der Waals surface area contributed by atoms with Gasteiger partial charge in [0.25, 0.3) is 0 Å². The number of nitrogens with two attached hydrogens (primary N) is 2. The van der Waals surface area contributed by atoms with Gasteiger partial charge in [-0.1, -0.05) is 24.3 Å². The molecular weight excluding hydrogens is 204 g/mol. The first-order valence-electron chi connectivity index (χ1n) is 5.23. The molecule has 0 bridgehead atoms. The molecule has 2 aliphatic rings. The molecular formula is C12H16N2O2.